The zero-order valence-corrected chi connectivity index (χ0v) is 18.6. The van der Waals surface area contributed by atoms with Gasteiger partial charge in [0.05, 0.1) is 6.54 Å². The molecule has 0 saturated carbocycles. The molecule has 1 aromatic carbocycles. The van der Waals surface area contributed by atoms with Crippen molar-refractivity contribution in [2.45, 2.75) is 59.7 Å². The van der Waals surface area contributed by atoms with Crippen LogP contribution in [0.2, 0.25) is 0 Å². The summed E-state index contributed by atoms with van der Waals surface area (Å²) in [6.45, 7) is 12.1. The van der Waals surface area contributed by atoms with Crippen LogP contribution in [-0.2, 0) is 14.2 Å². The van der Waals surface area contributed by atoms with Gasteiger partial charge in [-0.3, -0.25) is 4.79 Å². The lowest BCUT2D eigenvalue weighted by Crippen LogP contribution is -2.39. The molecule has 0 spiro atoms. The number of amidine groups is 1. The predicted molar refractivity (Wildman–Crippen MR) is 113 cm³/mol. The van der Waals surface area contributed by atoms with Crippen molar-refractivity contribution in [1.29, 1.82) is 0 Å². The summed E-state index contributed by atoms with van der Waals surface area (Å²) >= 11 is 0. The average Bonchev–Trinajstić information content (AvgIpc) is 2.55. The molecule has 0 aliphatic heterocycles. The Kier molecular flexibility index (Phi) is 8.82. The zero-order valence-electron chi connectivity index (χ0n) is 18.6. The number of carbonyl (C=O) groups is 3. The Morgan fingerprint density at radius 2 is 1.50 bits per heavy atom. The second kappa shape index (κ2) is 10.6. The topological polar surface area (TPSA) is 115 Å². The summed E-state index contributed by atoms with van der Waals surface area (Å²) < 4.78 is 15.6. The highest BCUT2D eigenvalue weighted by atomic mass is 16.6. The Balaban J connectivity index is 2.67. The van der Waals surface area contributed by atoms with Crippen molar-refractivity contribution in [3.63, 3.8) is 0 Å². The first-order chi connectivity index (χ1) is 13.7. The van der Waals surface area contributed by atoms with E-state index < -0.39 is 23.4 Å². The number of hydrogen-bond acceptors (Lipinski definition) is 6. The monoisotopic (exact) mass is 421 g/mol. The van der Waals surface area contributed by atoms with Gasteiger partial charge in [0, 0.05) is 5.56 Å². The minimum absolute atomic E-state index is 0.0466. The molecule has 1 aromatic rings. The number of alkyl carbamates (subject to hydrolysis) is 1. The van der Waals surface area contributed by atoms with E-state index in [1.165, 1.54) is 0 Å². The van der Waals surface area contributed by atoms with Crippen molar-refractivity contribution in [3.05, 3.63) is 35.4 Å². The lowest BCUT2D eigenvalue weighted by molar-refractivity contribution is 0.0544. The van der Waals surface area contributed by atoms with Crippen molar-refractivity contribution < 1.29 is 28.6 Å². The van der Waals surface area contributed by atoms with Crippen LogP contribution in [0.5, 0.6) is 0 Å². The van der Waals surface area contributed by atoms with Crippen molar-refractivity contribution in [1.82, 2.24) is 10.6 Å². The Hall–Kier alpha value is -3.10. The minimum Gasteiger partial charge on any atom is -0.463 e. The SMILES string of the molecule is Cc1ccc(C(=O)NCCO/C(=N\C(=O)OC(C)(C)C)NC(=O)OC(C)(C)C)cc1. The van der Waals surface area contributed by atoms with Gasteiger partial charge >= 0.3 is 18.2 Å². The number of nitrogens with one attached hydrogen (secondary N) is 2. The minimum atomic E-state index is -0.933. The van der Waals surface area contributed by atoms with Crippen LogP contribution in [0.1, 0.15) is 57.5 Å². The van der Waals surface area contributed by atoms with Gasteiger partial charge in [0.25, 0.3) is 5.91 Å². The molecule has 0 atom stereocenters. The molecule has 0 radical (unpaired) electrons. The number of amides is 3. The van der Waals surface area contributed by atoms with Gasteiger partial charge in [-0.15, -0.1) is 4.99 Å². The fraction of sp³-hybridized carbons (Fsp3) is 0.524. The molecule has 0 heterocycles. The van der Waals surface area contributed by atoms with Crippen molar-refractivity contribution in [2.75, 3.05) is 13.2 Å². The summed E-state index contributed by atoms with van der Waals surface area (Å²) in [5, 5.41) is 4.95. The van der Waals surface area contributed by atoms with Gasteiger partial charge in [-0.05, 0) is 60.6 Å². The van der Waals surface area contributed by atoms with E-state index in [0.29, 0.717) is 5.56 Å². The van der Waals surface area contributed by atoms with Crippen molar-refractivity contribution in [2.24, 2.45) is 4.99 Å². The number of rotatable bonds is 4. The molecule has 9 nitrogen and oxygen atoms in total. The lowest BCUT2D eigenvalue weighted by atomic mass is 10.1. The Labute approximate surface area is 177 Å². The maximum Gasteiger partial charge on any atom is 0.438 e. The molecule has 0 unspecified atom stereocenters. The van der Waals surface area contributed by atoms with Gasteiger partial charge in [0.1, 0.15) is 17.8 Å². The Bertz CT molecular complexity index is 773. The van der Waals surface area contributed by atoms with E-state index in [2.05, 4.69) is 15.6 Å². The largest absolute Gasteiger partial charge is 0.463 e. The number of nitrogens with zero attached hydrogens (tertiary/aromatic N) is 1. The second-order valence-corrected chi connectivity index (χ2v) is 8.49. The first-order valence-electron chi connectivity index (χ1n) is 9.54. The molecular formula is C21H31N3O6. The molecule has 0 aliphatic rings. The van der Waals surface area contributed by atoms with Crippen LogP contribution in [-0.4, -0.2) is 48.5 Å². The summed E-state index contributed by atoms with van der Waals surface area (Å²) in [6, 6.07) is 6.71. The molecule has 0 saturated heterocycles. The highest BCUT2D eigenvalue weighted by Gasteiger charge is 2.21. The van der Waals surface area contributed by atoms with Crippen LogP contribution in [0.15, 0.2) is 29.3 Å². The highest BCUT2D eigenvalue weighted by molar-refractivity contribution is 5.96. The van der Waals surface area contributed by atoms with Gasteiger partial charge in [-0.25, -0.2) is 14.9 Å². The number of aliphatic imine (C=N–C) groups is 1. The van der Waals surface area contributed by atoms with Gasteiger partial charge in [-0.1, -0.05) is 17.7 Å². The zero-order chi connectivity index (χ0) is 22.9. The van der Waals surface area contributed by atoms with E-state index in [4.69, 9.17) is 14.2 Å². The maximum atomic E-state index is 12.1. The summed E-state index contributed by atoms with van der Waals surface area (Å²) in [5.74, 6) is -0.274. The molecule has 0 aromatic heterocycles. The number of aryl methyl sites for hydroxylation is 1. The van der Waals surface area contributed by atoms with Gasteiger partial charge in [-0.2, -0.15) is 0 Å². The van der Waals surface area contributed by atoms with E-state index in [1.54, 1.807) is 53.7 Å². The Morgan fingerprint density at radius 1 is 0.933 bits per heavy atom. The Morgan fingerprint density at radius 3 is 2.03 bits per heavy atom. The quantitative estimate of drug-likeness (QED) is 0.436. The normalized spacial score (nSPS) is 12.0. The fourth-order valence-electron chi connectivity index (χ4n) is 1.97. The third-order valence-electron chi connectivity index (χ3n) is 3.13. The number of ether oxygens (including phenoxy) is 3. The molecule has 0 aliphatic carbocycles. The first kappa shape index (κ1) is 24.9. The van der Waals surface area contributed by atoms with Gasteiger partial charge < -0.3 is 19.5 Å². The summed E-state index contributed by atoms with van der Waals surface area (Å²) in [6.07, 6.45) is -1.77. The highest BCUT2D eigenvalue weighted by Crippen LogP contribution is 2.09. The smallest absolute Gasteiger partial charge is 0.438 e. The van der Waals surface area contributed by atoms with Crippen LogP contribution < -0.4 is 10.6 Å². The molecule has 0 fully saturated rings. The molecule has 2 N–H and O–H groups in total. The average molecular weight is 421 g/mol. The lowest BCUT2D eigenvalue weighted by Gasteiger charge is -2.20. The predicted octanol–water partition coefficient (Wildman–Crippen LogP) is 3.56. The van der Waals surface area contributed by atoms with Crippen molar-refractivity contribution >= 4 is 24.1 Å². The summed E-state index contributed by atoms with van der Waals surface area (Å²) in [4.78, 5) is 39.6. The second-order valence-electron chi connectivity index (χ2n) is 8.49. The van der Waals surface area contributed by atoms with E-state index in [0.717, 1.165) is 5.56 Å². The molecule has 166 valence electrons. The molecule has 30 heavy (non-hydrogen) atoms. The van der Waals surface area contributed by atoms with E-state index in [1.807, 2.05) is 19.1 Å². The van der Waals surface area contributed by atoms with Crippen LogP contribution in [0.4, 0.5) is 9.59 Å². The first-order valence-corrected chi connectivity index (χ1v) is 9.54. The van der Waals surface area contributed by atoms with Crippen LogP contribution >= 0.6 is 0 Å². The number of carbonyl (C=O) groups excluding carboxylic acids is 3. The maximum absolute atomic E-state index is 12.1. The third kappa shape index (κ3) is 11.0. The van der Waals surface area contributed by atoms with Gasteiger partial charge in [0.2, 0.25) is 0 Å². The van der Waals surface area contributed by atoms with Crippen LogP contribution in [0.3, 0.4) is 0 Å². The van der Waals surface area contributed by atoms with Crippen molar-refractivity contribution in [3.8, 4) is 0 Å². The number of benzene rings is 1. The summed E-state index contributed by atoms with van der Waals surface area (Å²) in [7, 11) is 0. The third-order valence-corrected chi connectivity index (χ3v) is 3.13. The van der Waals surface area contributed by atoms with E-state index in [9.17, 15) is 14.4 Å². The molecule has 9 heteroatoms. The van der Waals surface area contributed by atoms with E-state index in [-0.39, 0.29) is 25.1 Å². The molecular weight excluding hydrogens is 390 g/mol. The number of hydrogen-bond donors (Lipinski definition) is 2. The summed E-state index contributed by atoms with van der Waals surface area (Å²) in [5.41, 5.74) is 0.0455. The standard InChI is InChI=1S/C21H31N3O6/c1-14-8-10-15(11-9-14)16(25)22-12-13-28-17(23-18(26)29-20(2,3)4)24-19(27)30-21(5,6)7/h8-11H,12-13H2,1-7H3,(H,22,25)(H,23,24,26,27). The molecule has 0 bridgehead atoms. The van der Waals surface area contributed by atoms with Gasteiger partial charge in [0.15, 0.2) is 0 Å². The van der Waals surface area contributed by atoms with Crippen LogP contribution in [0.25, 0.3) is 0 Å². The van der Waals surface area contributed by atoms with Crippen LogP contribution in [0, 0.1) is 6.92 Å². The fourth-order valence-corrected chi connectivity index (χ4v) is 1.97. The molecule has 3 amide bonds. The molecule has 1 rings (SSSR count). The van der Waals surface area contributed by atoms with E-state index >= 15 is 0 Å².